The van der Waals surface area contributed by atoms with Gasteiger partial charge in [0, 0.05) is 6.54 Å². The zero-order chi connectivity index (χ0) is 6.57. The molecule has 7 N–H and O–H groups in total. The Labute approximate surface area is 47.2 Å². The summed E-state index contributed by atoms with van der Waals surface area (Å²) in [5.41, 5.74) is 14.8. The number of rotatable bonds is 2. The topological polar surface area (TPSA) is 107 Å². The Hall–Kier alpha value is -0.810. The van der Waals surface area contributed by atoms with Crippen LogP contribution in [0.25, 0.3) is 0 Å². The predicted octanol–water partition coefficient (Wildman–Crippen LogP) is -2.10. The van der Waals surface area contributed by atoms with Gasteiger partial charge in [-0.1, -0.05) is 0 Å². The maximum Gasteiger partial charge on any atom is 0.313 e. The van der Waals surface area contributed by atoms with Crippen molar-refractivity contribution in [2.45, 2.75) is 6.17 Å². The van der Waals surface area contributed by atoms with Crippen LogP contribution in [0.1, 0.15) is 0 Å². The van der Waals surface area contributed by atoms with Crippen LogP contribution in [-0.4, -0.2) is 18.7 Å². The molecule has 0 aromatic heterocycles. The van der Waals surface area contributed by atoms with Crippen molar-refractivity contribution < 1.29 is 4.79 Å². The van der Waals surface area contributed by atoms with Crippen molar-refractivity contribution in [3.8, 4) is 0 Å². The van der Waals surface area contributed by atoms with Gasteiger partial charge in [0.15, 0.2) is 0 Å². The molecule has 0 saturated heterocycles. The predicted molar refractivity (Wildman–Crippen MR) is 29.7 cm³/mol. The second-order valence-electron chi connectivity index (χ2n) is 1.35. The summed E-state index contributed by atoms with van der Waals surface area (Å²) in [6.45, 7) is 0.197. The minimum Gasteiger partial charge on any atom is -0.352 e. The summed E-state index contributed by atoms with van der Waals surface area (Å²) in [5, 5.41) is 2.18. The lowest BCUT2D eigenvalue weighted by molar-refractivity contribution is 0.245. The molecule has 8 heavy (non-hydrogen) atoms. The molecule has 0 aliphatic carbocycles. The van der Waals surface area contributed by atoms with E-state index < -0.39 is 12.2 Å². The number of nitrogens with one attached hydrogen (secondary N) is 1. The number of hydrogen-bond acceptors (Lipinski definition) is 3. The van der Waals surface area contributed by atoms with Crippen molar-refractivity contribution in [3.05, 3.63) is 0 Å². The fraction of sp³-hybridized carbons (Fsp3) is 0.667. The molecule has 0 aromatic carbocycles. The van der Waals surface area contributed by atoms with E-state index in [1.54, 1.807) is 0 Å². The first-order chi connectivity index (χ1) is 3.66. The summed E-state index contributed by atoms with van der Waals surface area (Å²) in [4.78, 5) is 9.94. The average molecular weight is 118 g/mol. The van der Waals surface area contributed by atoms with Gasteiger partial charge in [0.2, 0.25) is 0 Å². The van der Waals surface area contributed by atoms with Gasteiger partial charge in [-0.3, -0.25) is 0 Å². The molecule has 0 heterocycles. The zero-order valence-electron chi connectivity index (χ0n) is 4.42. The largest absolute Gasteiger partial charge is 0.352 e. The van der Waals surface area contributed by atoms with E-state index in [1.807, 2.05) is 0 Å². The lowest BCUT2D eigenvalue weighted by Crippen LogP contribution is -2.48. The number of hydrogen-bond donors (Lipinski definition) is 4. The molecule has 0 aromatic rings. The number of nitrogens with two attached hydrogens (primary N) is 3. The highest BCUT2D eigenvalue weighted by Gasteiger charge is 1.97. The van der Waals surface area contributed by atoms with Gasteiger partial charge in [0.25, 0.3) is 0 Å². The Balaban J connectivity index is 3.24. The maximum atomic E-state index is 9.94. The van der Waals surface area contributed by atoms with E-state index in [0.717, 1.165) is 0 Å². The van der Waals surface area contributed by atoms with Crippen LogP contribution in [0.15, 0.2) is 0 Å². The molecule has 48 valence electrons. The van der Waals surface area contributed by atoms with Crippen LogP contribution in [0.3, 0.4) is 0 Å². The van der Waals surface area contributed by atoms with E-state index in [9.17, 15) is 4.79 Å². The van der Waals surface area contributed by atoms with E-state index in [-0.39, 0.29) is 6.54 Å². The SMILES string of the molecule is NCC(N)NC(N)=O. The molecule has 0 rings (SSSR count). The third-order valence-corrected chi connectivity index (χ3v) is 0.582. The first-order valence-corrected chi connectivity index (χ1v) is 2.18. The first-order valence-electron chi connectivity index (χ1n) is 2.18. The van der Waals surface area contributed by atoms with E-state index >= 15 is 0 Å². The molecular formula is C3H10N4O. The van der Waals surface area contributed by atoms with Crippen LogP contribution in [-0.2, 0) is 0 Å². The normalized spacial score (nSPS) is 12.8. The van der Waals surface area contributed by atoms with Gasteiger partial charge in [0.05, 0.1) is 6.17 Å². The fourth-order valence-corrected chi connectivity index (χ4v) is 0.242. The highest BCUT2D eigenvalue weighted by molar-refractivity contribution is 5.71. The van der Waals surface area contributed by atoms with Gasteiger partial charge in [-0.05, 0) is 0 Å². The molecule has 1 unspecified atom stereocenters. The monoisotopic (exact) mass is 118 g/mol. The summed E-state index contributed by atoms with van der Waals surface area (Å²) in [6, 6.07) is -0.650. The number of carbonyl (C=O) groups excluding carboxylic acids is 1. The number of amides is 2. The van der Waals surface area contributed by atoms with E-state index in [4.69, 9.17) is 11.5 Å². The molecule has 0 aliphatic rings. The summed E-state index contributed by atoms with van der Waals surface area (Å²) in [5.74, 6) is 0. The second-order valence-corrected chi connectivity index (χ2v) is 1.35. The van der Waals surface area contributed by atoms with E-state index in [2.05, 4.69) is 11.1 Å². The maximum absolute atomic E-state index is 9.94. The summed E-state index contributed by atoms with van der Waals surface area (Å²) < 4.78 is 0. The second kappa shape index (κ2) is 3.23. The molecule has 1 atom stereocenters. The van der Waals surface area contributed by atoms with Crippen LogP contribution < -0.4 is 22.5 Å². The molecule has 2 amide bonds. The highest BCUT2D eigenvalue weighted by atomic mass is 16.2. The van der Waals surface area contributed by atoms with Gasteiger partial charge in [-0.25, -0.2) is 4.79 Å². The Morgan fingerprint density at radius 3 is 2.38 bits per heavy atom. The zero-order valence-corrected chi connectivity index (χ0v) is 4.42. The fourth-order valence-electron chi connectivity index (χ4n) is 0.242. The molecule has 0 bridgehead atoms. The molecule has 0 saturated carbocycles. The van der Waals surface area contributed by atoms with Crippen molar-refractivity contribution in [3.63, 3.8) is 0 Å². The van der Waals surface area contributed by atoms with Gasteiger partial charge in [-0.2, -0.15) is 0 Å². The Kier molecular flexibility index (Phi) is 2.90. The highest BCUT2D eigenvalue weighted by Crippen LogP contribution is 1.61. The number of carbonyl (C=O) groups is 1. The van der Waals surface area contributed by atoms with Crippen molar-refractivity contribution in [1.29, 1.82) is 0 Å². The van der Waals surface area contributed by atoms with Crippen molar-refractivity contribution in [1.82, 2.24) is 5.32 Å². The van der Waals surface area contributed by atoms with Crippen LogP contribution in [0.2, 0.25) is 0 Å². The van der Waals surface area contributed by atoms with E-state index in [0.29, 0.717) is 0 Å². The summed E-state index contributed by atoms with van der Waals surface area (Å²) in [6.07, 6.45) is -0.521. The van der Waals surface area contributed by atoms with Gasteiger partial charge >= 0.3 is 6.03 Å². The van der Waals surface area contributed by atoms with E-state index in [1.165, 1.54) is 0 Å². The van der Waals surface area contributed by atoms with Crippen LogP contribution in [0.4, 0.5) is 4.79 Å². The third-order valence-electron chi connectivity index (χ3n) is 0.582. The Morgan fingerprint density at radius 1 is 1.75 bits per heavy atom. The van der Waals surface area contributed by atoms with Gasteiger partial charge in [-0.15, -0.1) is 0 Å². The molecule has 5 nitrogen and oxygen atoms in total. The Morgan fingerprint density at radius 2 is 2.25 bits per heavy atom. The van der Waals surface area contributed by atoms with Crippen molar-refractivity contribution in [2.75, 3.05) is 6.54 Å². The smallest absolute Gasteiger partial charge is 0.313 e. The number of primary amides is 1. The average Bonchev–Trinajstić information content (AvgIpc) is 1.65. The molecule has 0 fully saturated rings. The minimum atomic E-state index is -0.650. The van der Waals surface area contributed by atoms with Crippen LogP contribution in [0, 0.1) is 0 Å². The lowest BCUT2D eigenvalue weighted by atomic mass is 10.5. The van der Waals surface area contributed by atoms with Gasteiger partial charge in [0.1, 0.15) is 0 Å². The van der Waals surface area contributed by atoms with Crippen molar-refractivity contribution in [2.24, 2.45) is 17.2 Å². The minimum absolute atomic E-state index is 0.197. The van der Waals surface area contributed by atoms with Crippen LogP contribution in [0.5, 0.6) is 0 Å². The molecule has 0 spiro atoms. The molecule has 5 heteroatoms. The summed E-state index contributed by atoms with van der Waals surface area (Å²) in [7, 11) is 0. The van der Waals surface area contributed by atoms with Crippen molar-refractivity contribution >= 4 is 6.03 Å². The quantitative estimate of drug-likeness (QED) is 0.312. The third kappa shape index (κ3) is 3.38. The number of urea groups is 1. The molecule has 0 radical (unpaired) electrons. The Bertz CT molecular complexity index is 83.4. The lowest BCUT2D eigenvalue weighted by Gasteiger charge is -2.06. The molecular weight excluding hydrogens is 108 g/mol. The standard InChI is InChI=1S/C3H10N4O/c4-1-2(5)7-3(6)8/h2H,1,4-5H2,(H3,6,7,8). The molecule has 0 aliphatic heterocycles. The van der Waals surface area contributed by atoms with Gasteiger partial charge < -0.3 is 22.5 Å². The summed E-state index contributed by atoms with van der Waals surface area (Å²) >= 11 is 0. The first kappa shape index (κ1) is 7.19. The van der Waals surface area contributed by atoms with Crippen LogP contribution >= 0.6 is 0 Å².